The average Bonchev–Trinajstić information content (AvgIpc) is 2.96. The van der Waals surface area contributed by atoms with Gasteiger partial charge in [-0.15, -0.1) is 0 Å². The summed E-state index contributed by atoms with van der Waals surface area (Å²) in [4.78, 5) is 11.1. The fourth-order valence-corrected chi connectivity index (χ4v) is 2.59. The lowest BCUT2D eigenvalue weighted by Crippen LogP contribution is -2.38. The zero-order valence-electron chi connectivity index (χ0n) is 11.7. The van der Waals surface area contributed by atoms with Crippen molar-refractivity contribution in [3.8, 4) is 5.88 Å². The monoisotopic (exact) mass is 264 g/mol. The molecule has 0 spiro atoms. The van der Waals surface area contributed by atoms with Crippen LogP contribution in [0.3, 0.4) is 0 Å². The molecular weight excluding hydrogens is 240 g/mol. The predicted molar refractivity (Wildman–Crippen MR) is 76.5 cm³/mol. The normalized spacial score (nSPS) is 15.7. The average molecular weight is 264 g/mol. The third kappa shape index (κ3) is 3.80. The van der Waals surface area contributed by atoms with Crippen molar-refractivity contribution >= 4 is 5.82 Å². The summed E-state index contributed by atoms with van der Waals surface area (Å²) < 4.78 is 5.56. The van der Waals surface area contributed by atoms with E-state index in [0.29, 0.717) is 25.1 Å². The second kappa shape index (κ2) is 7.28. The Morgan fingerprint density at radius 3 is 2.84 bits per heavy atom. The number of nitrogens with zero attached hydrogens (tertiary/aromatic N) is 3. The maximum absolute atomic E-state index is 5.73. The first-order valence-corrected chi connectivity index (χ1v) is 7.26. The Balaban J connectivity index is 2.11. The number of nitrogens with two attached hydrogens (primary N) is 1. The summed E-state index contributed by atoms with van der Waals surface area (Å²) in [5.74, 6) is 1.50. The van der Waals surface area contributed by atoms with Crippen LogP contribution in [-0.2, 0) is 0 Å². The molecule has 1 aromatic rings. The van der Waals surface area contributed by atoms with Crippen LogP contribution in [-0.4, -0.2) is 35.7 Å². The van der Waals surface area contributed by atoms with E-state index in [1.54, 1.807) is 6.20 Å². The maximum atomic E-state index is 5.73. The summed E-state index contributed by atoms with van der Waals surface area (Å²) in [6.45, 7) is 4.23. The van der Waals surface area contributed by atoms with Crippen molar-refractivity contribution in [2.75, 3.05) is 24.6 Å². The molecule has 1 aliphatic carbocycles. The lowest BCUT2D eigenvalue weighted by Gasteiger charge is -2.29. The van der Waals surface area contributed by atoms with Crippen LogP contribution in [0.1, 0.15) is 39.0 Å². The predicted octanol–water partition coefficient (Wildman–Crippen LogP) is 1.97. The Hall–Kier alpha value is -1.36. The van der Waals surface area contributed by atoms with Gasteiger partial charge in [-0.1, -0.05) is 19.8 Å². The molecule has 1 aliphatic rings. The summed E-state index contributed by atoms with van der Waals surface area (Å²) in [6, 6.07) is 0.555. The van der Waals surface area contributed by atoms with Crippen molar-refractivity contribution in [2.45, 2.75) is 45.1 Å². The minimum atomic E-state index is 0.555. The molecule has 1 fully saturated rings. The molecule has 0 aromatic carbocycles. The number of aromatic nitrogens is 2. The fourth-order valence-electron chi connectivity index (χ4n) is 2.59. The Bertz CT molecular complexity index is 379. The molecule has 5 nitrogen and oxygen atoms in total. The van der Waals surface area contributed by atoms with E-state index in [9.17, 15) is 0 Å². The zero-order valence-corrected chi connectivity index (χ0v) is 11.7. The number of hydrogen-bond donors (Lipinski definition) is 1. The van der Waals surface area contributed by atoms with Gasteiger partial charge < -0.3 is 15.4 Å². The highest BCUT2D eigenvalue weighted by atomic mass is 16.5. The van der Waals surface area contributed by atoms with Gasteiger partial charge in [0.2, 0.25) is 5.88 Å². The van der Waals surface area contributed by atoms with Gasteiger partial charge in [0, 0.05) is 19.1 Å². The Labute approximate surface area is 115 Å². The summed E-state index contributed by atoms with van der Waals surface area (Å²) in [6.07, 6.45) is 9.50. The van der Waals surface area contributed by atoms with Gasteiger partial charge in [-0.2, -0.15) is 4.98 Å². The van der Waals surface area contributed by atoms with E-state index in [-0.39, 0.29) is 0 Å². The van der Waals surface area contributed by atoms with Crippen LogP contribution in [0.2, 0.25) is 0 Å². The van der Waals surface area contributed by atoms with Gasteiger partial charge in [-0.3, -0.25) is 4.98 Å². The molecule has 0 bridgehead atoms. The standard InChI is InChI=1S/C14H24N4O/c1-2-9-19-14-11-16-10-13(17-14)18(8-7-15)12-5-3-4-6-12/h10-12H,2-9,15H2,1H3. The highest BCUT2D eigenvalue weighted by Gasteiger charge is 2.23. The topological polar surface area (TPSA) is 64.3 Å². The lowest BCUT2D eigenvalue weighted by atomic mass is 10.2. The van der Waals surface area contributed by atoms with E-state index in [1.807, 2.05) is 6.20 Å². The highest BCUT2D eigenvalue weighted by molar-refractivity contribution is 5.39. The van der Waals surface area contributed by atoms with Crippen LogP contribution in [0.25, 0.3) is 0 Å². The van der Waals surface area contributed by atoms with Gasteiger partial charge in [0.1, 0.15) is 0 Å². The van der Waals surface area contributed by atoms with Crippen LogP contribution in [0.4, 0.5) is 5.82 Å². The molecule has 106 valence electrons. The van der Waals surface area contributed by atoms with E-state index in [2.05, 4.69) is 21.8 Å². The second-order valence-electron chi connectivity index (χ2n) is 4.98. The molecule has 19 heavy (non-hydrogen) atoms. The Morgan fingerprint density at radius 1 is 1.37 bits per heavy atom. The van der Waals surface area contributed by atoms with Crippen molar-refractivity contribution in [1.82, 2.24) is 9.97 Å². The largest absolute Gasteiger partial charge is 0.477 e. The molecule has 1 saturated carbocycles. The highest BCUT2D eigenvalue weighted by Crippen LogP contribution is 2.27. The van der Waals surface area contributed by atoms with Crippen molar-refractivity contribution in [2.24, 2.45) is 5.73 Å². The molecule has 0 atom stereocenters. The minimum absolute atomic E-state index is 0.555. The minimum Gasteiger partial charge on any atom is -0.477 e. The maximum Gasteiger partial charge on any atom is 0.234 e. The van der Waals surface area contributed by atoms with Crippen molar-refractivity contribution < 1.29 is 4.74 Å². The molecule has 2 N–H and O–H groups in total. The molecule has 1 heterocycles. The summed E-state index contributed by atoms with van der Waals surface area (Å²) >= 11 is 0. The first-order valence-electron chi connectivity index (χ1n) is 7.26. The van der Waals surface area contributed by atoms with Gasteiger partial charge in [0.25, 0.3) is 0 Å². The fraction of sp³-hybridized carbons (Fsp3) is 0.714. The van der Waals surface area contributed by atoms with E-state index < -0.39 is 0 Å². The SMILES string of the molecule is CCCOc1cncc(N(CCN)C2CCCC2)n1. The summed E-state index contributed by atoms with van der Waals surface area (Å²) in [5, 5.41) is 0. The molecule has 5 heteroatoms. The van der Waals surface area contributed by atoms with Crippen molar-refractivity contribution in [1.29, 1.82) is 0 Å². The van der Waals surface area contributed by atoms with E-state index in [1.165, 1.54) is 25.7 Å². The third-order valence-electron chi connectivity index (χ3n) is 3.48. The van der Waals surface area contributed by atoms with Crippen molar-refractivity contribution in [3.05, 3.63) is 12.4 Å². The summed E-state index contributed by atoms with van der Waals surface area (Å²) in [5.41, 5.74) is 5.73. The quantitative estimate of drug-likeness (QED) is 0.815. The van der Waals surface area contributed by atoms with Crippen molar-refractivity contribution in [3.63, 3.8) is 0 Å². The van der Waals surface area contributed by atoms with Gasteiger partial charge in [-0.25, -0.2) is 0 Å². The first-order chi connectivity index (χ1) is 9.35. The van der Waals surface area contributed by atoms with E-state index in [4.69, 9.17) is 10.5 Å². The van der Waals surface area contributed by atoms with Gasteiger partial charge >= 0.3 is 0 Å². The van der Waals surface area contributed by atoms with Gasteiger partial charge in [-0.05, 0) is 19.3 Å². The van der Waals surface area contributed by atoms with Crippen LogP contribution in [0, 0.1) is 0 Å². The molecule has 0 radical (unpaired) electrons. The molecule has 0 saturated heterocycles. The molecular formula is C14H24N4O. The number of ether oxygens (including phenoxy) is 1. The van der Waals surface area contributed by atoms with E-state index in [0.717, 1.165) is 18.8 Å². The number of rotatable bonds is 7. The Kier molecular flexibility index (Phi) is 5.39. The van der Waals surface area contributed by atoms with Gasteiger partial charge in [0.05, 0.1) is 19.0 Å². The van der Waals surface area contributed by atoms with Crippen LogP contribution < -0.4 is 15.4 Å². The van der Waals surface area contributed by atoms with Crippen LogP contribution in [0.15, 0.2) is 12.4 Å². The smallest absolute Gasteiger partial charge is 0.234 e. The lowest BCUT2D eigenvalue weighted by molar-refractivity contribution is 0.303. The van der Waals surface area contributed by atoms with E-state index >= 15 is 0 Å². The molecule has 2 rings (SSSR count). The molecule has 0 amide bonds. The van der Waals surface area contributed by atoms with Crippen LogP contribution in [0.5, 0.6) is 5.88 Å². The van der Waals surface area contributed by atoms with Crippen LogP contribution >= 0.6 is 0 Å². The Morgan fingerprint density at radius 2 is 2.16 bits per heavy atom. The zero-order chi connectivity index (χ0) is 13.5. The summed E-state index contributed by atoms with van der Waals surface area (Å²) in [7, 11) is 0. The third-order valence-corrected chi connectivity index (χ3v) is 3.48. The number of anilines is 1. The molecule has 0 aliphatic heterocycles. The molecule has 1 aromatic heterocycles. The number of hydrogen-bond acceptors (Lipinski definition) is 5. The molecule has 0 unspecified atom stereocenters. The first kappa shape index (κ1) is 14.1. The second-order valence-corrected chi connectivity index (χ2v) is 4.98. The van der Waals surface area contributed by atoms with Gasteiger partial charge in [0.15, 0.2) is 5.82 Å².